The summed E-state index contributed by atoms with van der Waals surface area (Å²) in [7, 11) is 0. The van der Waals surface area contributed by atoms with E-state index < -0.39 is 0 Å². The number of halogens is 2. The highest BCUT2D eigenvalue weighted by molar-refractivity contribution is 14.1. The van der Waals surface area contributed by atoms with Gasteiger partial charge in [-0.1, -0.05) is 0 Å². The Morgan fingerprint density at radius 1 is 1.58 bits per heavy atom. The van der Waals surface area contributed by atoms with Crippen LogP contribution >= 0.6 is 38.5 Å². The van der Waals surface area contributed by atoms with Crippen LogP contribution in [0, 0.1) is 10.5 Å². The average Bonchev–Trinajstić information content (AvgIpc) is 2.41. The molecule has 2 nitrogen and oxygen atoms in total. The smallest absolute Gasteiger partial charge is 0.139 e. The highest BCUT2D eigenvalue weighted by atomic mass is 127. The van der Waals surface area contributed by atoms with E-state index in [2.05, 4.69) is 48.5 Å². The maximum atomic E-state index is 4.27. The lowest BCUT2D eigenvalue weighted by Gasteiger charge is -1.98. The summed E-state index contributed by atoms with van der Waals surface area (Å²) in [4.78, 5) is 7.38. The largest absolute Gasteiger partial charge is 0.345 e. The van der Waals surface area contributed by atoms with Crippen LogP contribution < -0.4 is 0 Å². The topological polar surface area (TPSA) is 28.7 Å². The number of hydrogen-bond acceptors (Lipinski definition) is 1. The van der Waals surface area contributed by atoms with Crippen LogP contribution in [-0.2, 0) is 0 Å². The van der Waals surface area contributed by atoms with Crippen LogP contribution in [0.2, 0.25) is 0 Å². The molecule has 0 aliphatic carbocycles. The van der Waals surface area contributed by atoms with Gasteiger partial charge in [-0.2, -0.15) is 0 Å². The Kier molecular flexibility index (Phi) is 2.12. The Labute approximate surface area is 92.0 Å². The highest BCUT2D eigenvalue weighted by Crippen LogP contribution is 2.28. The van der Waals surface area contributed by atoms with E-state index in [4.69, 9.17) is 0 Å². The predicted molar refractivity (Wildman–Crippen MR) is 61.2 cm³/mol. The van der Waals surface area contributed by atoms with E-state index in [-0.39, 0.29) is 0 Å². The first kappa shape index (κ1) is 8.50. The molecule has 0 atom stereocenters. The zero-order valence-corrected chi connectivity index (χ0v) is 10.1. The van der Waals surface area contributed by atoms with Crippen LogP contribution in [0.25, 0.3) is 11.0 Å². The molecule has 0 unspecified atom stereocenters. The van der Waals surface area contributed by atoms with E-state index in [1.54, 1.807) is 0 Å². The van der Waals surface area contributed by atoms with E-state index in [9.17, 15) is 0 Å². The summed E-state index contributed by atoms with van der Waals surface area (Å²) in [6, 6.07) is 0. The Morgan fingerprint density at radius 2 is 2.33 bits per heavy atom. The second kappa shape index (κ2) is 2.99. The number of hydrogen-bond donors (Lipinski definition) is 1. The summed E-state index contributed by atoms with van der Waals surface area (Å²) in [5.74, 6) is 0. The minimum absolute atomic E-state index is 0.942. The lowest BCUT2D eigenvalue weighted by Crippen LogP contribution is -1.82. The minimum atomic E-state index is 0.942. The first-order valence-corrected chi connectivity index (χ1v) is 5.35. The SMILES string of the molecule is Cc1cnc2[nH]cc(I)c2c1Br. The van der Waals surface area contributed by atoms with Gasteiger partial charge >= 0.3 is 0 Å². The molecule has 12 heavy (non-hydrogen) atoms. The molecule has 2 aromatic heterocycles. The van der Waals surface area contributed by atoms with Gasteiger partial charge < -0.3 is 4.98 Å². The Bertz CT molecular complexity index is 436. The van der Waals surface area contributed by atoms with Crippen LogP contribution in [0.15, 0.2) is 16.9 Å². The molecule has 0 fully saturated rings. The van der Waals surface area contributed by atoms with Crippen molar-refractivity contribution in [2.45, 2.75) is 6.92 Å². The van der Waals surface area contributed by atoms with Crippen LogP contribution in [-0.4, -0.2) is 9.97 Å². The van der Waals surface area contributed by atoms with Crippen molar-refractivity contribution in [3.63, 3.8) is 0 Å². The predicted octanol–water partition coefficient (Wildman–Crippen LogP) is 3.24. The molecular formula is C8H6BrIN2. The lowest BCUT2D eigenvalue weighted by atomic mass is 10.2. The molecular weight excluding hydrogens is 331 g/mol. The Morgan fingerprint density at radius 3 is 3.08 bits per heavy atom. The first-order chi connectivity index (χ1) is 5.70. The number of nitrogens with zero attached hydrogens (tertiary/aromatic N) is 1. The van der Waals surface area contributed by atoms with E-state index in [0.29, 0.717) is 0 Å². The molecule has 1 N–H and O–H groups in total. The van der Waals surface area contributed by atoms with Gasteiger partial charge in [0.15, 0.2) is 0 Å². The zero-order valence-electron chi connectivity index (χ0n) is 6.36. The fraction of sp³-hybridized carbons (Fsp3) is 0.125. The van der Waals surface area contributed by atoms with Gasteiger partial charge in [-0.3, -0.25) is 0 Å². The number of H-pyrrole nitrogens is 1. The molecule has 0 saturated carbocycles. The second-order valence-electron chi connectivity index (χ2n) is 2.62. The normalized spacial score (nSPS) is 10.9. The van der Waals surface area contributed by atoms with E-state index >= 15 is 0 Å². The Hall–Kier alpha value is -0.100. The molecule has 2 rings (SSSR count). The average molecular weight is 337 g/mol. The molecule has 0 amide bonds. The number of aromatic nitrogens is 2. The minimum Gasteiger partial charge on any atom is -0.345 e. The van der Waals surface area contributed by atoms with E-state index in [1.165, 1.54) is 14.5 Å². The molecule has 62 valence electrons. The van der Waals surface area contributed by atoms with Crippen LogP contribution in [0.1, 0.15) is 5.56 Å². The third-order valence-electron chi connectivity index (χ3n) is 1.76. The maximum absolute atomic E-state index is 4.27. The van der Waals surface area contributed by atoms with Gasteiger partial charge in [0, 0.05) is 25.8 Å². The quantitative estimate of drug-likeness (QED) is 0.735. The van der Waals surface area contributed by atoms with Crippen molar-refractivity contribution in [3.8, 4) is 0 Å². The molecule has 0 aliphatic rings. The van der Waals surface area contributed by atoms with Gasteiger partial charge in [-0.05, 0) is 51.0 Å². The van der Waals surface area contributed by atoms with Gasteiger partial charge in [0.25, 0.3) is 0 Å². The maximum Gasteiger partial charge on any atom is 0.139 e. The van der Waals surface area contributed by atoms with Gasteiger partial charge in [0.2, 0.25) is 0 Å². The van der Waals surface area contributed by atoms with Crippen LogP contribution in [0.3, 0.4) is 0 Å². The number of aryl methyl sites for hydroxylation is 1. The highest BCUT2D eigenvalue weighted by Gasteiger charge is 2.07. The fourth-order valence-electron chi connectivity index (χ4n) is 1.11. The lowest BCUT2D eigenvalue weighted by molar-refractivity contribution is 1.27. The molecule has 0 spiro atoms. The standard InChI is InChI=1S/C8H6BrIN2/c1-4-2-11-8-6(7(4)9)5(10)3-12-8/h2-3H,1H3,(H,11,12). The number of fused-ring (bicyclic) bond motifs is 1. The van der Waals surface area contributed by atoms with Crippen molar-refractivity contribution in [1.29, 1.82) is 0 Å². The second-order valence-corrected chi connectivity index (χ2v) is 4.57. The monoisotopic (exact) mass is 336 g/mol. The molecule has 2 heterocycles. The van der Waals surface area contributed by atoms with Crippen molar-refractivity contribution in [1.82, 2.24) is 9.97 Å². The summed E-state index contributed by atoms with van der Waals surface area (Å²) in [5.41, 5.74) is 2.11. The number of rotatable bonds is 0. The summed E-state index contributed by atoms with van der Waals surface area (Å²) in [6.07, 6.45) is 3.82. The van der Waals surface area contributed by atoms with Crippen molar-refractivity contribution >= 4 is 49.6 Å². The number of pyridine rings is 1. The van der Waals surface area contributed by atoms with Crippen molar-refractivity contribution in [2.24, 2.45) is 0 Å². The van der Waals surface area contributed by atoms with Crippen molar-refractivity contribution in [3.05, 3.63) is 26.0 Å². The number of nitrogens with one attached hydrogen (secondary N) is 1. The molecule has 0 aromatic carbocycles. The van der Waals surface area contributed by atoms with Gasteiger partial charge in [0.05, 0.1) is 0 Å². The molecule has 2 aromatic rings. The van der Waals surface area contributed by atoms with Gasteiger partial charge in [-0.25, -0.2) is 4.98 Å². The molecule has 0 bridgehead atoms. The van der Waals surface area contributed by atoms with Crippen molar-refractivity contribution in [2.75, 3.05) is 0 Å². The fourth-order valence-corrected chi connectivity index (χ4v) is 2.67. The Balaban J connectivity index is 2.96. The third kappa shape index (κ3) is 1.17. The van der Waals surface area contributed by atoms with E-state index in [0.717, 1.165) is 10.1 Å². The summed E-state index contributed by atoms with van der Waals surface area (Å²) in [5, 5.41) is 1.18. The van der Waals surface area contributed by atoms with Crippen LogP contribution in [0.4, 0.5) is 0 Å². The van der Waals surface area contributed by atoms with Crippen LogP contribution in [0.5, 0.6) is 0 Å². The summed E-state index contributed by atoms with van der Waals surface area (Å²) < 4.78 is 2.34. The third-order valence-corrected chi connectivity index (χ3v) is 3.64. The zero-order chi connectivity index (χ0) is 8.72. The first-order valence-electron chi connectivity index (χ1n) is 3.48. The van der Waals surface area contributed by atoms with Crippen molar-refractivity contribution < 1.29 is 0 Å². The number of aromatic amines is 1. The molecule has 0 saturated heterocycles. The summed E-state index contributed by atoms with van der Waals surface area (Å²) in [6.45, 7) is 2.04. The molecule has 0 aliphatic heterocycles. The van der Waals surface area contributed by atoms with Gasteiger partial charge in [-0.15, -0.1) is 0 Å². The molecule has 4 heteroatoms. The van der Waals surface area contributed by atoms with E-state index in [1.807, 2.05) is 19.3 Å². The summed E-state index contributed by atoms with van der Waals surface area (Å²) >= 11 is 5.84. The van der Waals surface area contributed by atoms with Gasteiger partial charge in [0.1, 0.15) is 5.65 Å². The molecule has 0 radical (unpaired) electrons.